The van der Waals surface area contributed by atoms with Gasteiger partial charge in [-0.3, -0.25) is 9.17 Å². The SMILES string of the molecule is CCCC(CO[Si](NC(=O)OC(C)(C)C)(c1cccnc1)C(C)(C)C(c1ccccc1)c1ccccc1)OS(C)(=O)=O. The van der Waals surface area contributed by atoms with E-state index in [9.17, 15) is 13.2 Å². The van der Waals surface area contributed by atoms with Gasteiger partial charge in [-0.25, -0.2) is 4.79 Å². The zero-order valence-electron chi connectivity index (χ0n) is 25.7. The lowest BCUT2D eigenvalue weighted by molar-refractivity contribution is 0.0533. The van der Waals surface area contributed by atoms with Crippen LogP contribution in [0.25, 0.3) is 0 Å². The Hall–Kier alpha value is -3.05. The van der Waals surface area contributed by atoms with Gasteiger partial charge in [-0.15, -0.1) is 0 Å². The summed E-state index contributed by atoms with van der Waals surface area (Å²) in [5.41, 5.74) is 1.33. The minimum absolute atomic E-state index is 0.0580. The first-order chi connectivity index (χ1) is 19.7. The molecule has 0 radical (unpaired) electrons. The Kier molecular flexibility index (Phi) is 11.1. The van der Waals surface area contributed by atoms with Gasteiger partial charge in [0.05, 0.1) is 19.0 Å². The Morgan fingerprint density at radius 1 is 0.929 bits per heavy atom. The van der Waals surface area contributed by atoms with Crippen LogP contribution in [0.4, 0.5) is 4.79 Å². The van der Waals surface area contributed by atoms with Crippen LogP contribution in [-0.2, 0) is 23.5 Å². The molecule has 1 amide bonds. The predicted molar refractivity (Wildman–Crippen MR) is 168 cm³/mol. The number of ether oxygens (including phenoxy) is 1. The van der Waals surface area contributed by atoms with Gasteiger partial charge in [0.15, 0.2) is 0 Å². The normalized spacial score (nSPS) is 14.7. The van der Waals surface area contributed by atoms with Gasteiger partial charge in [0.2, 0.25) is 0 Å². The minimum atomic E-state index is -3.75. The number of hydrogen-bond acceptors (Lipinski definition) is 7. The number of hydrogen-bond donors (Lipinski definition) is 1. The number of rotatable bonds is 13. The molecule has 3 rings (SSSR count). The van der Waals surface area contributed by atoms with E-state index in [2.05, 4.69) is 48.1 Å². The Bertz CT molecular complexity index is 1340. The molecule has 0 fully saturated rings. The third kappa shape index (κ3) is 8.73. The van der Waals surface area contributed by atoms with Crippen LogP contribution in [0.15, 0.2) is 85.2 Å². The highest BCUT2D eigenvalue weighted by Crippen LogP contribution is 2.52. The maximum Gasteiger partial charge on any atom is 0.401 e. The molecule has 228 valence electrons. The fraction of sp³-hybridized carbons (Fsp3) is 0.438. The number of carbonyl (C=O) groups is 1. The summed E-state index contributed by atoms with van der Waals surface area (Å²) in [6, 6.07) is 23.9. The molecule has 1 heterocycles. The summed E-state index contributed by atoms with van der Waals surface area (Å²) in [6.07, 6.45) is 4.19. The minimum Gasteiger partial charge on any atom is -0.444 e. The van der Waals surface area contributed by atoms with Crippen molar-refractivity contribution in [3.8, 4) is 0 Å². The molecule has 1 aromatic heterocycles. The average molecular weight is 613 g/mol. The first kappa shape index (κ1) is 33.4. The van der Waals surface area contributed by atoms with Gasteiger partial charge in [-0.2, -0.15) is 8.42 Å². The molecular formula is C32H44N2O6SSi. The molecule has 2 aromatic carbocycles. The monoisotopic (exact) mass is 612 g/mol. The zero-order valence-corrected chi connectivity index (χ0v) is 27.5. The lowest BCUT2D eigenvalue weighted by atomic mass is 9.82. The van der Waals surface area contributed by atoms with Gasteiger partial charge < -0.3 is 14.1 Å². The van der Waals surface area contributed by atoms with Gasteiger partial charge in [0.25, 0.3) is 10.1 Å². The van der Waals surface area contributed by atoms with Crippen LogP contribution >= 0.6 is 0 Å². The number of nitrogens with one attached hydrogen (secondary N) is 1. The van der Waals surface area contributed by atoms with Crippen LogP contribution in [0, 0.1) is 0 Å². The largest absolute Gasteiger partial charge is 0.444 e. The van der Waals surface area contributed by atoms with E-state index in [1.54, 1.807) is 33.2 Å². The molecule has 1 N–H and O–H groups in total. The highest BCUT2D eigenvalue weighted by Gasteiger charge is 2.58. The molecule has 3 aromatic rings. The van der Waals surface area contributed by atoms with Crippen molar-refractivity contribution in [3.63, 3.8) is 0 Å². The lowest BCUT2D eigenvalue weighted by Gasteiger charge is -2.48. The van der Waals surface area contributed by atoms with E-state index in [0.717, 1.165) is 17.4 Å². The molecule has 0 aliphatic heterocycles. The summed E-state index contributed by atoms with van der Waals surface area (Å²) < 4.78 is 42.5. The second-order valence-electron chi connectivity index (χ2n) is 12.0. The Morgan fingerprint density at radius 3 is 1.95 bits per heavy atom. The third-order valence-electron chi connectivity index (χ3n) is 7.05. The van der Waals surface area contributed by atoms with Crippen LogP contribution in [0.5, 0.6) is 0 Å². The molecule has 42 heavy (non-hydrogen) atoms. The topological polar surface area (TPSA) is 104 Å². The van der Waals surface area contributed by atoms with E-state index >= 15 is 0 Å². The Labute approximate surface area is 252 Å². The van der Waals surface area contributed by atoms with Gasteiger partial charge >= 0.3 is 14.6 Å². The van der Waals surface area contributed by atoms with Crippen LogP contribution in [0.2, 0.25) is 5.04 Å². The van der Waals surface area contributed by atoms with Crippen LogP contribution in [0.3, 0.4) is 0 Å². The van der Waals surface area contributed by atoms with Crippen LogP contribution < -0.4 is 10.2 Å². The van der Waals surface area contributed by atoms with E-state index in [-0.39, 0.29) is 12.5 Å². The van der Waals surface area contributed by atoms with E-state index < -0.39 is 41.4 Å². The van der Waals surface area contributed by atoms with Crippen molar-refractivity contribution >= 4 is 29.9 Å². The Morgan fingerprint density at radius 2 is 1.50 bits per heavy atom. The van der Waals surface area contributed by atoms with Gasteiger partial charge in [0, 0.05) is 28.5 Å². The van der Waals surface area contributed by atoms with E-state index in [4.69, 9.17) is 13.3 Å². The zero-order chi connectivity index (χ0) is 31.0. The summed E-state index contributed by atoms with van der Waals surface area (Å²) in [5, 5.41) is -0.0651. The standard InChI is InChI=1S/C32H44N2O6SSi/c1-8-16-27(40-41(7,36)37)24-38-42(28-21-15-22-33-23-28,34-30(35)39-31(2,3)4)32(5,6)29(25-17-11-9-12-18-25)26-19-13-10-14-20-26/h9-15,17-23,27,29H,8,16,24H2,1-7H3,(H,34,35). The third-order valence-corrected chi connectivity index (χ3v) is 12.0. The summed E-state index contributed by atoms with van der Waals surface area (Å²) in [7, 11) is -7.47. The Balaban J connectivity index is 2.29. The first-order valence-electron chi connectivity index (χ1n) is 14.2. The second kappa shape index (κ2) is 13.9. The number of benzene rings is 2. The second-order valence-corrected chi connectivity index (χ2v) is 17.4. The van der Waals surface area contributed by atoms with Crippen molar-refractivity contribution in [1.82, 2.24) is 9.97 Å². The van der Waals surface area contributed by atoms with Crippen LogP contribution in [-0.4, -0.2) is 52.5 Å². The molecule has 0 bridgehead atoms. The van der Waals surface area contributed by atoms with Crippen molar-refractivity contribution in [1.29, 1.82) is 0 Å². The molecule has 0 spiro atoms. The predicted octanol–water partition coefficient (Wildman–Crippen LogP) is 6.03. The number of aromatic nitrogens is 1. The summed E-state index contributed by atoms with van der Waals surface area (Å²) in [5.74, 6) is -0.234. The van der Waals surface area contributed by atoms with Crippen LogP contribution in [0.1, 0.15) is 71.4 Å². The van der Waals surface area contributed by atoms with Crippen molar-refractivity contribution in [2.75, 3.05) is 12.9 Å². The van der Waals surface area contributed by atoms with Gasteiger partial charge in [-0.1, -0.05) is 93.9 Å². The maximum absolute atomic E-state index is 13.7. The number of amides is 1. The molecule has 10 heteroatoms. The molecule has 2 atom stereocenters. The summed E-state index contributed by atoms with van der Waals surface area (Å²) in [6.45, 7) is 11.5. The van der Waals surface area contributed by atoms with E-state index in [1.165, 1.54) is 0 Å². The van der Waals surface area contributed by atoms with E-state index in [1.807, 2.05) is 55.5 Å². The highest BCUT2D eigenvalue weighted by atomic mass is 32.2. The van der Waals surface area contributed by atoms with Crippen molar-refractivity contribution in [2.45, 2.75) is 77.0 Å². The molecule has 0 aliphatic rings. The average Bonchev–Trinajstić information content (AvgIpc) is 2.91. The maximum atomic E-state index is 13.7. The fourth-order valence-electron chi connectivity index (χ4n) is 5.40. The van der Waals surface area contributed by atoms with Crippen molar-refractivity contribution in [3.05, 3.63) is 96.3 Å². The van der Waals surface area contributed by atoms with Gasteiger partial charge in [-0.05, 0) is 44.4 Å². The molecule has 0 saturated carbocycles. The van der Waals surface area contributed by atoms with Crippen molar-refractivity contribution < 1.29 is 26.6 Å². The quantitative estimate of drug-likeness (QED) is 0.186. The molecular weight excluding hydrogens is 569 g/mol. The molecule has 2 unspecified atom stereocenters. The summed E-state index contributed by atoms with van der Waals surface area (Å²) in [4.78, 5) is 21.3. The molecule has 8 nitrogen and oxygen atoms in total. The smallest absolute Gasteiger partial charge is 0.401 e. The number of pyridine rings is 1. The van der Waals surface area contributed by atoms with Gasteiger partial charge in [0.1, 0.15) is 5.60 Å². The van der Waals surface area contributed by atoms with E-state index in [0.29, 0.717) is 18.0 Å². The highest BCUT2D eigenvalue weighted by molar-refractivity contribution is 7.86. The summed E-state index contributed by atoms with van der Waals surface area (Å²) >= 11 is 0. The molecule has 0 saturated heterocycles. The molecule has 0 aliphatic carbocycles. The fourth-order valence-corrected chi connectivity index (χ4v) is 9.96. The lowest BCUT2D eigenvalue weighted by Crippen LogP contribution is -2.72. The first-order valence-corrected chi connectivity index (χ1v) is 17.9. The number of carbonyl (C=O) groups excluding carboxylic acids is 1. The number of nitrogens with zero attached hydrogens (tertiary/aromatic N) is 1. The van der Waals surface area contributed by atoms with Crippen molar-refractivity contribution in [2.24, 2.45) is 0 Å².